The molecule has 0 aliphatic heterocycles. The van der Waals surface area contributed by atoms with Gasteiger partial charge in [-0.2, -0.15) is 0 Å². The number of benzene rings is 1. The number of aromatic amines is 1. The van der Waals surface area contributed by atoms with Crippen LogP contribution in [0.1, 0.15) is 29.8 Å². The van der Waals surface area contributed by atoms with Crippen LogP contribution in [0.2, 0.25) is 0 Å². The fourth-order valence-electron chi connectivity index (χ4n) is 2.79. The van der Waals surface area contributed by atoms with Gasteiger partial charge < -0.3 is 10.2 Å². The predicted octanol–water partition coefficient (Wildman–Crippen LogP) is 2.11. The van der Waals surface area contributed by atoms with Gasteiger partial charge in [0.1, 0.15) is 11.4 Å². The van der Waals surface area contributed by atoms with Gasteiger partial charge in [0.15, 0.2) is 5.78 Å². The molecular weight excluding hydrogens is 394 g/mol. The fourth-order valence-corrected chi connectivity index (χ4v) is 3.43. The number of Topliss-reactive ketones (excluding diaryl/α,β-unsaturated/α-hetero) is 1. The number of aryl methyl sites for hydroxylation is 1. The minimum Gasteiger partial charge on any atom is -0.411 e. The molecule has 3 N–H and O–H groups in total. The molecule has 0 saturated heterocycles. The maximum absolute atomic E-state index is 12.6. The topological polar surface area (TPSA) is 137 Å². The van der Waals surface area contributed by atoms with E-state index in [4.69, 9.17) is 10.2 Å². The summed E-state index contributed by atoms with van der Waals surface area (Å²) in [5, 5.41) is 8.14. The highest BCUT2D eigenvalue weighted by Gasteiger charge is 2.21. The van der Waals surface area contributed by atoms with E-state index in [1.165, 1.54) is 4.57 Å². The molecule has 0 unspecified atom stereocenters. The number of hydrogen-bond donors (Lipinski definition) is 2. The van der Waals surface area contributed by atoms with Crippen LogP contribution in [0.3, 0.4) is 0 Å². The van der Waals surface area contributed by atoms with Crippen molar-refractivity contribution >= 4 is 23.4 Å². The molecule has 10 heteroatoms. The number of aromatic nitrogens is 4. The predicted molar refractivity (Wildman–Crippen MR) is 110 cm³/mol. The first-order valence-corrected chi connectivity index (χ1v) is 9.94. The number of H-pyrrole nitrogens is 1. The van der Waals surface area contributed by atoms with E-state index in [9.17, 15) is 14.4 Å². The third-order valence-electron chi connectivity index (χ3n) is 4.17. The molecule has 2 aromatic heterocycles. The number of nitrogens with two attached hydrogens (primary N) is 1. The van der Waals surface area contributed by atoms with Crippen LogP contribution in [0.15, 0.2) is 43.5 Å². The second kappa shape index (κ2) is 8.48. The van der Waals surface area contributed by atoms with E-state index in [0.717, 1.165) is 22.9 Å². The molecule has 0 saturated carbocycles. The van der Waals surface area contributed by atoms with Gasteiger partial charge in [0, 0.05) is 12.1 Å². The molecular formula is C19H21N5O4S. The summed E-state index contributed by atoms with van der Waals surface area (Å²) in [6, 6.07) is 7.56. The second-order valence-corrected chi connectivity index (χ2v) is 7.85. The summed E-state index contributed by atoms with van der Waals surface area (Å²) in [7, 11) is 0. The van der Waals surface area contributed by atoms with Gasteiger partial charge in [-0.05, 0) is 24.5 Å². The number of thioether (sulfide) groups is 1. The molecule has 1 aromatic carbocycles. The lowest BCUT2D eigenvalue weighted by Gasteiger charge is -2.13. The Morgan fingerprint density at radius 3 is 2.69 bits per heavy atom. The van der Waals surface area contributed by atoms with E-state index in [-0.39, 0.29) is 34.8 Å². The van der Waals surface area contributed by atoms with Crippen molar-refractivity contribution in [3.05, 3.63) is 56.2 Å². The first-order valence-electron chi connectivity index (χ1n) is 8.96. The van der Waals surface area contributed by atoms with Crippen molar-refractivity contribution in [3.8, 4) is 11.5 Å². The normalized spacial score (nSPS) is 11.2. The highest BCUT2D eigenvalue weighted by molar-refractivity contribution is 7.99. The van der Waals surface area contributed by atoms with E-state index in [0.29, 0.717) is 5.89 Å². The number of hydrogen-bond acceptors (Lipinski definition) is 8. The largest absolute Gasteiger partial charge is 0.411 e. The molecule has 3 rings (SSSR count). The molecule has 0 fully saturated rings. The minimum absolute atomic E-state index is 0.108. The monoisotopic (exact) mass is 415 g/mol. The summed E-state index contributed by atoms with van der Waals surface area (Å²) in [4.78, 5) is 38.9. The highest BCUT2D eigenvalue weighted by Crippen LogP contribution is 2.26. The molecule has 152 valence electrons. The van der Waals surface area contributed by atoms with Crippen LogP contribution < -0.4 is 17.0 Å². The maximum atomic E-state index is 12.6. The molecule has 2 heterocycles. The Labute approximate surface area is 170 Å². The molecule has 0 atom stereocenters. The Morgan fingerprint density at radius 1 is 1.28 bits per heavy atom. The molecule has 3 aromatic rings. The first kappa shape index (κ1) is 20.6. The fraction of sp³-hybridized carbons (Fsp3) is 0.316. The maximum Gasteiger partial charge on any atom is 0.329 e. The second-order valence-electron chi connectivity index (χ2n) is 6.92. The van der Waals surface area contributed by atoms with E-state index in [2.05, 4.69) is 15.2 Å². The lowest BCUT2D eigenvalue weighted by molar-refractivity contribution is 0.102. The van der Waals surface area contributed by atoms with Crippen LogP contribution in [-0.4, -0.2) is 31.3 Å². The standard InChI is InChI=1S/C19H21N5O4S/c1-10(2)8-24-15(20)14(16(26)21-18(24)27)13(25)9-29-19-23-22-17(28-19)12-7-5-4-6-11(12)3/h4-7,10H,8-9,20H2,1-3H3,(H,21,26,27). The SMILES string of the molecule is Cc1ccccc1-c1nnc(SCC(=O)c2c(N)n(CC(C)C)c(=O)[nH]c2=O)o1. The summed E-state index contributed by atoms with van der Waals surface area (Å²) < 4.78 is 6.81. The van der Waals surface area contributed by atoms with Gasteiger partial charge >= 0.3 is 5.69 Å². The number of nitrogens with one attached hydrogen (secondary N) is 1. The number of rotatable bonds is 7. The van der Waals surface area contributed by atoms with Gasteiger partial charge in [0.2, 0.25) is 5.89 Å². The average Bonchev–Trinajstić information content (AvgIpc) is 3.12. The molecule has 0 aliphatic rings. The van der Waals surface area contributed by atoms with Crippen molar-refractivity contribution in [2.24, 2.45) is 5.92 Å². The lowest BCUT2D eigenvalue weighted by atomic mass is 10.1. The number of nitrogens with zero attached hydrogens (tertiary/aromatic N) is 3. The first-order chi connectivity index (χ1) is 13.8. The smallest absolute Gasteiger partial charge is 0.329 e. The van der Waals surface area contributed by atoms with Crippen molar-refractivity contribution in [2.75, 3.05) is 11.5 Å². The van der Waals surface area contributed by atoms with Crippen LogP contribution in [0.5, 0.6) is 0 Å². The molecule has 0 spiro atoms. The van der Waals surface area contributed by atoms with Crippen LogP contribution in [0.4, 0.5) is 5.82 Å². The Balaban J connectivity index is 1.79. The van der Waals surface area contributed by atoms with Gasteiger partial charge in [-0.1, -0.05) is 43.8 Å². The summed E-state index contributed by atoms with van der Waals surface area (Å²) in [5.74, 6) is -0.341. The highest BCUT2D eigenvalue weighted by atomic mass is 32.2. The zero-order valence-electron chi connectivity index (χ0n) is 16.3. The minimum atomic E-state index is -0.802. The van der Waals surface area contributed by atoms with Crippen LogP contribution >= 0.6 is 11.8 Å². The molecule has 0 radical (unpaired) electrons. The summed E-state index contributed by atoms with van der Waals surface area (Å²) in [6.45, 7) is 6.02. The Morgan fingerprint density at radius 2 is 2.00 bits per heavy atom. The lowest BCUT2D eigenvalue weighted by Crippen LogP contribution is -2.37. The van der Waals surface area contributed by atoms with Crippen molar-refractivity contribution in [3.63, 3.8) is 0 Å². The number of carbonyl (C=O) groups is 1. The Hall–Kier alpha value is -3.14. The molecule has 0 bridgehead atoms. The third kappa shape index (κ3) is 4.48. The van der Waals surface area contributed by atoms with E-state index >= 15 is 0 Å². The van der Waals surface area contributed by atoms with E-state index < -0.39 is 17.0 Å². The Bertz CT molecular complexity index is 1160. The molecule has 0 amide bonds. The summed E-state index contributed by atoms with van der Waals surface area (Å²) in [6.07, 6.45) is 0. The molecule has 9 nitrogen and oxygen atoms in total. The zero-order valence-corrected chi connectivity index (χ0v) is 17.1. The number of carbonyl (C=O) groups excluding carboxylic acids is 1. The van der Waals surface area contributed by atoms with Crippen molar-refractivity contribution < 1.29 is 9.21 Å². The molecule has 0 aliphatic carbocycles. The van der Waals surface area contributed by atoms with Crippen molar-refractivity contribution in [1.82, 2.24) is 19.7 Å². The van der Waals surface area contributed by atoms with Gasteiger partial charge in [-0.15, -0.1) is 10.2 Å². The molecule has 29 heavy (non-hydrogen) atoms. The van der Waals surface area contributed by atoms with E-state index in [1.807, 2.05) is 45.0 Å². The van der Waals surface area contributed by atoms with Gasteiger partial charge in [0.25, 0.3) is 10.8 Å². The van der Waals surface area contributed by atoms with Crippen LogP contribution in [-0.2, 0) is 6.54 Å². The summed E-state index contributed by atoms with van der Waals surface area (Å²) in [5.41, 5.74) is 6.07. The van der Waals surface area contributed by atoms with Crippen molar-refractivity contribution in [2.45, 2.75) is 32.5 Å². The number of ketones is 1. The van der Waals surface area contributed by atoms with Gasteiger partial charge in [0.05, 0.1) is 5.75 Å². The average molecular weight is 415 g/mol. The Kier molecular flexibility index (Phi) is 6.02. The third-order valence-corrected chi connectivity index (χ3v) is 4.99. The summed E-state index contributed by atoms with van der Waals surface area (Å²) >= 11 is 1.00. The quantitative estimate of drug-likeness (QED) is 0.442. The van der Waals surface area contributed by atoms with Crippen LogP contribution in [0, 0.1) is 12.8 Å². The number of anilines is 1. The van der Waals surface area contributed by atoms with E-state index in [1.54, 1.807) is 0 Å². The van der Waals surface area contributed by atoms with Crippen molar-refractivity contribution in [1.29, 1.82) is 0 Å². The number of nitrogen functional groups attached to an aromatic ring is 1. The zero-order chi connectivity index (χ0) is 21.1. The van der Waals surface area contributed by atoms with Crippen LogP contribution in [0.25, 0.3) is 11.5 Å². The van der Waals surface area contributed by atoms with Gasteiger partial charge in [-0.3, -0.25) is 19.1 Å². The van der Waals surface area contributed by atoms with Gasteiger partial charge in [-0.25, -0.2) is 4.79 Å².